The summed E-state index contributed by atoms with van der Waals surface area (Å²) in [4.78, 5) is 6.75. The largest absolute Gasteiger partial charge is 0.298 e. The molecule has 1 heterocycles. The molecule has 0 saturated heterocycles. The van der Waals surface area contributed by atoms with Crippen LogP contribution in [-0.2, 0) is 11.4 Å². The second kappa shape index (κ2) is 5.12. The minimum Gasteiger partial charge on any atom is -0.298 e. The van der Waals surface area contributed by atoms with Crippen LogP contribution in [0.1, 0.15) is 30.6 Å². The molecule has 1 N–H and O–H groups in total. The minimum absolute atomic E-state index is 0.422. The van der Waals surface area contributed by atoms with E-state index in [1.807, 2.05) is 11.4 Å². The van der Waals surface area contributed by atoms with Gasteiger partial charge in [-0.25, -0.2) is 0 Å². The Morgan fingerprint density at radius 1 is 1.50 bits per heavy atom. The van der Waals surface area contributed by atoms with Crippen molar-refractivity contribution in [3.63, 3.8) is 0 Å². The lowest BCUT2D eigenvalue weighted by Gasteiger charge is -2.10. The maximum Gasteiger partial charge on any atom is 0.0790 e. The molecule has 0 amide bonds. The van der Waals surface area contributed by atoms with Gasteiger partial charge in [-0.15, -0.1) is 11.3 Å². The molecule has 0 radical (unpaired) electrons. The number of rotatable bonds is 4. The highest BCUT2D eigenvalue weighted by Crippen LogP contribution is 2.21. The molecule has 14 heavy (non-hydrogen) atoms. The van der Waals surface area contributed by atoms with E-state index in [4.69, 9.17) is 16.4 Å². The molecule has 0 aromatic carbocycles. The first-order chi connectivity index (χ1) is 6.84. The zero-order valence-corrected chi connectivity index (χ0v) is 9.53. The lowest BCUT2D eigenvalue weighted by Crippen LogP contribution is -2.20. The van der Waals surface area contributed by atoms with Crippen LogP contribution in [0.3, 0.4) is 0 Å². The summed E-state index contributed by atoms with van der Waals surface area (Å²) in [7, 11) is 0. The quantitative estimate of drug-likeness (QED) is 0.803. The molecular formula is C10H14ClNOS. The van der Waals surface area contributed by atoms with E-state index >= 15 is 0 Å². The van der Waals surface area contributed by atoms with Crippen LogP contribution in [0.2, 0.25) is 5.02 Å². The van der Waals surface area contributed by atoms with Crippen LogP contribution < -0.4 is 5.48 Å². The van der Waals surface area contributed by atoms with Crippen molar-refractivity contribution in [3.05, 3.63) is 21.3 Å². The van der Waals surface area contributed by atoms with Gasteiger partial charge >= 0.3 is 0 Å². The average Bonchev–Trinajstić information content (AvgIpc) is 2.77. The van der Waals surface area contributed by atoms with Crippen LogP contribution in [0.4, 0.5) is 0 Å². The third kappa shape index (κ3) is 2.95. The van der Waals surface area contributed by atoms with Gasteiger partial charge in [0.2, 0.25) is 0 Å². The maximum absolute atomic E-state index is 5.81. The van der Waals surface area contributed by atoms with Gasteiger partial charge in [0.15, 0.2) is 0 Å². The molecule has 1 saturated carbocycles. The number of hydrogen-bond acceptors (Lipinski definition) is 3. The molecule has 4 heteroatoms. The molecule has 78 valence electrons. The highest BCUT2D eigenvalue weighted by atomic mass is 35.5. The fourth-order valence-corrected chi connectivity index (χ4v) is 2.68. The van der Waals surface area contributed by atoms with E-state index < -0.39 is 0 Å². The summed E-state index contributed by atoms with van der Waals surface area (Å²) in [5.74, 6) is 0. The number of hydroxylamine groups is 1. The summed E-state index contributed by atoms with van der Waals surface area (Å²) < 4.78 is 0. The Bertz CT molecular complexity index is 283. The lowest BCUT2D eigenvalue weighted by atomic mass is 10.3. The Balaban J connectivity index is 1.67. The Hall–Kier alpha value is -0.0900. The van der Waals surface area contributed by atoms with E-state index in [-0.39, 0.29) is 0 Å². The fraction of sp³-hybridized carbons (Fsp3) is 0.600. The van der Waals surface area contributed by atoms with Crippen LogP contribution in [0.5, 0.6) is 0 Å². The summed E-state index contributed by atoms with van der Waals surface area (Å²) >= 11 is 7.47. The molecule has 1 aliphatic carbocycles. The van der Waals surface area contributed by atoms with Gasteiger partial charge in [0.1, 0.15) is 0 Å². The molecule has 0 bridgehead atoms. The summed E-state index contributed by atoms with van der Waals surface area (Å²) in [5, 5.41) is 2.75. The Morgan fingerprint density at radius 3 is 2.93 bits per heavy atom. The van der Waals surface area contributed by atoms with E-state index in [0.717, 1.165) is 11.6 Å². The smallest absolute Gasteiger partial charge is 0.0790 e. The number of halogens is 1. The molecule has 0 atom stereocenters. The van der Waals surface area contributed by atoms with Gasteiger partial charge in [-0.1, -0.05) is 24.4 Å². The number of hydrogen-bond donors (Lipinski definition) is 1. The van der Waals surface area contributed by atoms with E-state index in [2.05, 4.69) is 5.48 Å². The summed E-state index contributed by atoms with van der Waals surface area (Å²) in [5.41, 5.74) is 3.01. The topological polar surface area (TPSA) is 21.3 Å². The molecule has 1 fully saturated rings. The van der Waals surface area contributed by atoms with Gasteiger partial charge in [-0.2, -0.15) is 5.48 Å². The summed E-state index contributed by atoms with van der Waals surface area (Å²) in [6, 6.07) is 1.97. The lowest BCUT2D eigenvalue weighted by molar-refractivity contribution is -0.0239. The van der Waals surface area contributed by atoms with Gasteiger partial charge < -0.3 is 0 Å². The van der Waals surface area contributed by atoms with Crippen molar-refractivity contribution in [3.8, 4) is 0 Å². The van der Waals surface area contributed by atoms with Crippen LogP contribution in [-0.4, -0.2) is 6.10 Å². The molecular weight excluding hydrogens is 218 g/mol. The second-order valence-electron chi connectivity index (χ2n) is 3.58. The SMILES string of the molecule is Clc1csc(CNOC2CCCC2)c1. The van der Waals surface area contributed by atoms with Gasteiger partial charge in [-0.05, 0) is 18.9 Å². The molecule has 0 unspecified atom stereocenters. The van der Waals surface area contributed by atoms with Gasteiger partial charge in [-0.3, -0.25) is 4.84 Å². The standard InChI is InChI=1S/C10H14ClNOS/c11-8-5-10(14-7-8)6-12-13-9-3-1-2-4-9/h5,7,9,12H,1-4,6H2. The molecule has 0 aliphatic heterocycles. The van der Waals surface area contributed by atoms with E-state index in [1.165, 1.54) is 30.6 Å². The molecule has 0 spiro atoms. The van der Waals surface area contributed by atoms with Crippen LogP contribution in [0.15, 0.2) is 11.4 Å². The number of nitrogens with one attached hydrogen (secondary N) is 1. The first-order valence-electron chi connectivity index (χ1n) is 4.96. The second-order valence-corrected chi connectivity index (χ2v) is 5.01. The first kappa shape index (κ1) is 10.4. The van der Waals surface area contributed by atoms with Gasteiger partial charge in [0.25, 0.3) is 0 Å². The van der Waals surface area contributed by atoms with Crippen molar-refractivity contribution < 1.29 is 4.84 Å². The third-order valence-electron chi connectivity index (χ3n) is 2.42. The monoisotopic (exact) mass is 231 g/mol. The van der Waals surface area contributed by atoms with Gasteiger partial charge in [0.05, 0.1) is 17.7 Å². The van der Waals surface area contributed by atoms with Crippen molar-refractivity contribution >= 4 is 22.9 Å². The van der Waals surface area contributed by atoms with Crippen LogP contribution in [0.25, 0.3) is 0 Å². The molecule has 1 aliphatic rings. The van der Waals surface area contributed by atoms with Gasteiger partial charge in [0, 0.05) is 10.3 Å². The van der Waals surface area contributed by atoms with Crippen molar-refractivity contribution in [2.75, 3.05) is 0 Å². The molecule has 1 aromatic rings. The zero-order valence-electron chi connectivity index (χ0n) is 7.96. The maximum atomic E-state index is 5.81. The van der Waals surface area contributed by atoms with E-state index in [0.29, 0.717) is 6.10 Å². The number of thiophene rings is 1. The summed E-state index contributed by atoms with van der Waals surface area (Å²) in [6.07, 6.45) is 5.41. The highest BCUT2D eigenvalue weighted by Gasteiger charge is 2.15. The van der Waals surface area contributed by atoms with Crippen molar-refractivity contribution in [2.45, 2.75) is 38.3 Å². The Morgan fingerprint density at radius 2 is 2.29 bits per heavy atom. The molecule has 2 rings (SSSR count). The fourth-order valence-electron chi connectivity index (χ4n) is 1.68. The van der Waals surface area contributed by atoms with E-state index in [9.17, 15) is 0 Å². The Labute approximate surface area is 93.2 Å². The zero-order chi connectivity index (χ0) is 9.80. The van der Waals surface area contributed by atoms with Crippen LogP contribution >= 0.6 is 22.9 Å². The first-order valence-corrected chi connectivity index (χ1v) is 6.22. The highest BCUT2D eigenvalue weighted by molar-refractivity contribution is 7.10. The Kier molecular flexibility index (Phi) is 3.81. The van der Waals surface area contributed by atoms with Crippen molar-refractivity contribution in [1.29, 1.82) is 0 Å². The molecule has 1 aromatic heterocycles. The summed E-state index contributed by atoms with van der Waals surface area (Å²) in [6.45, 7) is 0.758. The van der Waals surface area contributed by atoms with Crippen molar-refractivity contribution in [1.82, 2.24) is 5.48 Å². The average molecular weight is 232 g/mol. The molecule has 2 nitrogen and oxygen atoms in total. The van der Waals surface area contributed by atoms with E-state index in [1.54, 1.807) is 11.3 Å². The normalized spacial score (nSPS) is 17.8. The van der Waals surface area contributed by atoms with Crippen LogP contribution in [0, 0.1) is 0 Å². The predicted octanol–water partition coefficient (Wildman–Crippen LogP) is 3.37. The van der Waals surface area contributed by atoms with Crippen molar-refractivity contribution in [2.24, 2.45) is 0 Å². The third-order valence-corrected chi connectivity index (χ3v) is 3.70. The minimum atomic E-state index is 0.422. The predicted molar refractivity (Wildman–Crippen MR) is 59.5 cm³/mol.